The number of hydrogen-bond donors (Lipinski definition) is 0. The van der Waals surface area contributed by atoms with Gasteiger partial charge in [0.2, 0.25) is 0 Å². The van der Waals surface area contributed by atoms with E-state index in [0.29, 0.717) is 74.8 Å². The number of para-hydroxylation sites is 1. The molecule has 0 aliphatic carbocycles. The maximum atomic E-state index is 12.9. The molecule has 0 aliphatic heterocycles. The van der Waals surface area contributed by atoms with Crippen LogP contribution in [0.15, 0.2) is 255 Å². The average Bonchev–Trinajstić information content (AvgIpc) is 0.895. The largest absolute Gasteiger partial charge is 0.497 e. The average molecular weight is 2170 g/mol. The molecule has 0 radical (unpaired) electrons. The van der Waals surface area contributed by atoms with E-state index in [2.05, 4.69) is 286 Å². The minimum atomic E-state index is -4.23. The molecule has 9 aromatic carbocycles. The van der Waals surface area contributed by atoms with Crippen molar-refractivity contribution >= 4 is 68.8 Å². The topological polar surface area (TPSA) is 95.8 Å². The number of rotatable bonds is 15. The number of nitrogens with zero attached hydrogens (tertiary/aromatic N) is 6. The first kappa shape index (κ1) is 160. The van der Waals surface area contributed by atoms with Crippen LogP contribution in [0.3, 0.4) is 0 Å². The van der Waals surface area contributed by atoms with Crippen LogP contribution in [0.1, 0.15) is 437 Å². The third kappa shape index (κ3) is 57.5. The zero-order chi connectivity index (χ0) is 104. The lowest BCUT2D eigenvalue weighted by Gasteiger charge is -2.12. The smallest absolute Gasteiger partial charge is 0.416 e. The summed E-state index contributed by atoms with van der Waals surface area (Å²) in [5.74, 6) is 7.15. The summed E-state index contributed by atoms with van der Waals surface area (Å²) >= 11 is 25.1. The van der Waals surface area contributed by atoms with E-state index in [1.807, 2.05) is 158 Å². The van der Waals surface area contributed by atoms with E-state index >= 15 is 0 Å². The van der Waals surface area contributed by atoms with Gasteiger partial charge in [-0.15, -0.1) is 0 Å². The Balaban J connectivity index is -0.000000177. The van der Waals surface area contributed by atoms with Crippen molar-refractivity contribution in [1.29, 1.82) is 0 Å². The highest BCUT2D eigenvalue weighted by atomic mass is 35.5. The van der Waals surface area contributed by atoms with Crippen LogP contribution in [0, 0.1) is 60.1 Å². The molecule has 0 spiro atoms. The number of alkyl halides is 3. The number of benzene rings is 9. The van der Waals surface area contributed by atoms with E-state index in [-0.39, 0.29) is 101 Å². The number of aromatic nitrogens is 6. The second kappa shape index (κ2) is 82.5. The number of methoxy groups -OCH3 is 2. The number of ether oxygens (including phenoxy) is 2. The van der Waals surface area contributed by atoms with Gasteiger partial charge in [0.25, 0.3) is 0 Å². The fourth-order valence-corrected chi connectivity index (χ4v) is 16.5. The first-order chi connectivity index (χ1) is 64.9. The van der Waals surface area contributed by atoms with Gasteiger partial charge in [-0.3, -0.25) is 19.9 Å². The Kier molecular flexibility index (Phi) is 87.9. The Hall–Kier alpha value is -10.2. The van der Waals surface area contributed by atoms with E-state index < -0.39 is 23.4 Å². The number of aryl methyl sites for hydroxylation is 6. The quantitative estimate of drug-likeness (QED) is 0.0937. The van der Waals surface area contributed by atoms with Gasteiger partial charge in [0.1, 0.15) is 28.1 Å². The molecule has 0 amide bonds. The van der Waals surface area contributed by atoms with Crippen LogP contribution in [-0.4, -0.2) is 43.5 Å². The lowest BCUT2D eigenvalue weighted by atomic mass is 9.94. The summed E-state index contributed by atoms with van der Waals surface area (Å²) in [4.78, 5) is 21.0. The summed E-state index contributed by atoms with van der Waals surface area (Å²) in [6.07, 6.45) is 4.50. The fraction of sp³-hybridized carbons (Fsp3) is 0.439. The van der Waals surface area contributed by atoms with Gasteiger partial charge in [-0.2, -0.15) is 17.5 Å². The number of fused-ring (bicyclic) bond motifs is 1. The first-order valence-corrected chi connectivity index (χ1v) is 50.0. The monoisotopic (exact) mass is 2170 g/mol. The van der Waals surface area contributed by atoms with Crippen LogP contribution in [0.5, 0.6) is 11.5 Å². The number of hydrogen-bond acceptors (Lipinski definition) is 9. The molecule has 5 heterocycles. The third-order valence-corrected chi connectivity index (χ3v) is 24.4. The minimum Gasteiger partial charge on any atom is -0.497 e. The van der Waals surface area contributed by atoms with Crippen molar-refractivity contribution in [2.24, 2.45) is 0 Å². The summed E-state index contributed by atoms with van der Waals surface area (Å²) in [6, 6.07) is 71.2. The third-order valence-electron chi connectivity index (χ3n) is 22.1. The van der Waals surface area contributed by atoms with Crippen molar-refractivity contribution in [1.82, 2.24) is 29.3 Å². The van der Waals surface area contributed by atoms with Gasteiger partial charge in [0.15, 0.2) is 5.82 Å². The minimum absolute atomic E-state index is 0. The van der Waals surface area contributed by atoms with Gasteiger partial charge in [-0.1, -0.05) is 453 Å². The van der Waals surface area contributed by atoms with Crippen molar-refractivity contribution in [3.63, 3.8) is 0 Å². The van der Waals surface area contributed by atoms with Crippen molar-refractivity contribution in [2.45, 2.75) is 381 Å². The second-order valence-corrected chi connectivity index (χ2v) is 40.0. The summed E-state index contributed by atoms with van der Waals surface area (Å²) in [5, 5.41) is 5.33. The summed E-state index contributed by atoms with van der Waals surface area (Å²) < 4.78 is 76.6. The van der Waals surface area contributed by atoms with E-state index in [1.165, 1.54) is 108 Å². The molecule has 150 heavy (non-hydrogen) atoms. The number of halogens is 9. The van der Waals surface area contributed by atoms with E-state index in [4.69, 9.17) is 55.9 Å². The van der Waals surface area contributed by atoms with Crippen molar-refractivity contribution < 1.29 is 31.4 Å². The van der Waals surface area contributed by atoms with Gasteiger partial charge in [0.05, 0.1) is 46.1 Å². The molecule has 5 aromatic heterocycles. The van der Waals surface area contributed by atoms with Crippen LogP contribution in [0.4, 0.5) is 22.0 Å². The van der Waals surface area contributed by atoms with Gasteiger partial charge >= 0.3 is 6.18 Å². The van der Waals surface area contributed by atoms with Gasteiger partial charge in [-0.25, -0.2) is 13.8 Å². The van der Waals surface area contributed by atoms with Gasteiger partial charge in [0, 0.05) is 70.7 Å². The molecule has 0 atom stereocenters. The predicted molar refractivity (Wildman–Crippen MR) is 666 cm³/mol. The van der Waals surface area contributed by atoms with Crippen LogP contribution >= 0.6 is 57.9 Å². The Labute approximate surface area is 938 Å². The molecule has 0 saturated heterocycles. The van der Waals surface area contributed by atoms with Crippen molar-refractivity contribution in [3.05, 3.63) is 398 Å². The highest BCUT2D eigenvalue weighted by molar-refractivity contribution is 7.05. The Morgan fingerprint density at radius 3 is 1.15 bits per heavy atom. The molecule has 0 unspecified atom stereocenters. The van der Waals surface area contributed by atoms with Crippen LogP contribution < -0.4 is 9.47 Å². The molecule has 0 bridgehead atoms. The fourth-order valence-electron chi connectivity index (χ4n) is 14.2. The molecule has 0 fully saturated rings. The molecule has 840 valence electrons. The standard InChI is InChI=1S/C13H15N.C11H12N2S.C11H16O2.2C11H16.C10H11F3.C10H14.C9H12ClN.C9H11Cl.C9H10F2.C8H9Cl2N.C8H11N.12CH4/c1-9(2)12-8-10(3)14-13-7-5-4-6-11(12)13;1-8(2)11-12-10(13-14-11)9-6-4-3-5-7-9;1-8(2)9-5-10(12-3)7-11(6-9)13-4;1-8(2)11-7-5-6-9(3)10(11)4;1-8(2)11-9(3)6-5-7-10(11)4;1-7(2)8-4-3-5-9(6-8)10(11,12)13;1-8(2)10-7-5-4-6-9(10)3;1-6(2)9-8(10)4-7(3)5-11-9;1-7(2)8-5-3-4-6-9(8)10;1-6(2)8-4-3-7(10)5-9(8)11;1-5(2)8-6(9)3-11-4-7(8)10;1-7(2)8-3-5-9-6-4-8;;;;;;;;;;;;/h4-9H,1-3H3;3-8H,1-2H3;5-8H,1-4H3;2*5-8H,1-4H3;3-7H,1-2H3;4-8H,1-3H3;4-6H,1-3H3;3-7H,1-2H3;3-6H,1-2H3;3-5H,1-2H3;3-7H,1-2H3;12*1H4. The highest BCUT2D eigenvalue weighted by Gasteiger charge is 2.30. The molecular formula is C132H201Cl4F5N6O2S. The maximum absolute atomic E-state index is 12.9. The van der Waals surface area contributed by atoms with Crippen LogP contribution in [-0.2, 0) is 6.18 Å². The molecular weight excluding hydrogens is 1970 g/mol. The summed E-state index contributed by atoms with van der Waals surface area (Å²) in [7, 11) is 3.33. The Morgan fingerprint density at radius 1 is 0.320 bits per heavy atom. The molecule has 0 saturated carbocycles. The lowest BCUT2D eigenvalue weighted by molar-refractivity contribution is -0.137. The normalized spacial score (nSPS) is 9.88. The molecule has 18 heteroatoms. The van der Waals surface area contributed by atoms with Gasteiger partial charge < -0.3 is 9.47 Å². The molecule has 8 nitrogen and oxygen atoms in total. The number of pyridine rings is 4. The molecule has 0 N–H and O–H groups in total. The summed E-state index contributed by atoms with van der Waals surface area (Å²) in [6.45, 7) is 65.7. The lowest BCUT2D eigenvalue weighted by Crippen LogP contribution is -2.05. The SMILES string of the molecule is C.C.C.C.C.C.C.C.C.C.C.C.CC(C)c1c(Cl)cncc1Cl.CC(C)c1ccc(F)cc1F.CC(C)c1cccc(C(F)(F)F)c1.CC(C)c1ccccc1Cl.CC(C)c1ccncc1.CC(C)c1nc(-c2ccccc2)ns1.COc1cc(OC)cc(C(C)C)c1.Cc1cc(C(C)C)c2ccccc2n1.Cc1cccc(C(C)C)c1C.Cc1cccc(C)c1C(C)C.Cc1ccccc1C(C)C.Cc1cnc(C(C)C)c(Cl)c1. The molecule has 14 aromatic rings. The zero-order valence-electron chi connectivity index (χ0n) is 88.0. The van der Waals surface area contributed by atoms with Crippen molar-refractivity contribution in [3.8, 4) is 22.9 Å². The second-order valence-electron chi connectivity index (χ2n) is 37.6. The highest BCUT2D eigenvalue weighted by Crippen LogP contribution is 2.35. The van der Waals surface area contributed by atoms with E-state index in [0.717, 1.165) is 83.7 Å². The predicted octanol–water partition coefficient (Wildman–Crippen LogP) is 46.7. The van der Waals surface area contributed by atoms with E-state index in [1.54, 1.807) is 32.7 Å². The molecule has 14 rings (SSSR count). The first-order valence-electron chi connectivity index (χ1n) is 47.7. The Morgan fingerprint density at radius 2 is 0.760 bits per heavy atom. The maximum Gasteiger partial charge on any atom is 0.416 e. The van der Waals surface area contributed by atoms with Crippen molar-refractivity contribution in [2.75, 3.05) is 14.2 Å². The summed E-state index contributed by atoms with van der Waals surface area (Å²) in [5.41, 5.74) is 23.8. The van der Waals surface area contributed by atoms with E-state index in [9.17, 15) is 22.0 Å². The zero-order valence-corrected chi connectivity index (χ0v) is 91.8. The Bertz CT molecular complexity index is 5630. The van der Waals surface area contributed by atoms with Crippen LogP contribution in [0.2, 0.25) is 20.1 Å². The van der Waals surface area contributed by atoms with Crippen LogP contribution in [0.25, 0.3) is 22.3 Å². The molecule has 0 aliphatic rings. The van der Waals surface area contributed by atoms with Gasteiger partial charge in [-0.05, 0) is 275 Å².